The van der Waals surface area contributed by atoms with E-state index in [4.69, 9.17) is 4.74 Å². The molecule has 3 rings (SSSR count). The molecule has 0 aliphatic heterocycles. The van der Waals surface area contributed by atoms with Crippen molar-refractivity contribution in [2.75, 3.05) is 0 Å². The van der Waals surface area contributed by atoms with Crippen LogP contribution < -0.4 is 10.3 Å². The summed E-state index contributed by atoms with van der Waals surface area (Å²) >= 11 is 3.31. The SMILES string of the molecule is O=C(Cn1c(=O)cnc2ccccc21)Oc1ccc(Br)cc1. The molecule has 0 unspecified atom stereocenters. The number of carbonyl (C=O) groups is 1. The maximum Gasteiger partial charge on any atom is 0.331 e. The normalized spacial score (nSPS) is 10.6. The lowest BCUT2D eigenvalue weighted by atomic mass is 10.3. The van der Waals surface area contributed by atoms with Gasteiger partial charge in [-0.2, -0.15) is 0 Å². The number of hydrogen-bond acceptors (Lipinski definition) is 4. The molecule has 1 aromatic heterocycles. The van der Waals surface area contributed by atoms with E-state index in [1.807, 2.05) is 6.07 Å². The van der Waals surface area contributed by atoms with Gasteiger partial charge in [0.25, 0.3) is 5.56 Å². The quantitative estimate of drug-likeness (QED) is 0.533. The minimum Gasteiger partial charge on any atom is -0.425 e. The zero-order valence-corrected chi connectivity index (χ0v) is 13.0. The number of para-hydroxylation sites is 2. The first kappa shape index (κ1) is 14.5. The van der Waals surface area contributed by atoms with Crippen molar-refractivity contribution < 1.29 is 9.53 Å². The van der Waals surface area contributed by atoms with Gasteiger partial charge in [0.1, 0.15) is 12.3 Å². The molecule has 5 nitrogen and oxygen atoms in total. The van der Waals surface area contributed by atoms with E-state index < -0.39 is 5.97 Å². The molecule has 0 N–H and O–H groups in total. The standard InChI is InChI=1S/C16H11BrN2O3/c17-11-5-7-12(8-6-11)22-16(21)10-19-14-4-2-1-3-13(14)18-9-15(19)20/h1-9H,10H2. The monoisotopic (exact) mass is 358 g/mol. The van der Waals surface area contributed by atoms with Crippen LogP contribution in [0.5, 0.6) is 5.75 Å². The van der Waals surface area contributed by atoms with E-state index in [-0.39, 0.29) is 12.1 Å². The van der Waals surface area contributed by atoms with Gasteiger partial charge < -0.3 is 4.74 Å². The van der Waals surface area contributed by atoms with Crippen LogP contribution in [0.1, 0.15) is 0 Å². The van der Waals surface area contributed by atoms with Crippen LogP contribution in [0, 0.1) is 0 Å². The third kappa shape index (κ3) is 3.07. The molecule has 6 heteroatoms. The van der Waals surface area contributed by atoms with Crippen molar-refractivity contribution in [2.24, 2.45) is 0 Å². The molecule has 0 saturated heterocycles. The third-order valence-corrected chi connectivity index (χ3v) is 3.61. The molecule has 2 aromatic carbocycles. The Morgan fingerprint density at radius 2 is 1.86 bits per heavy atom. The molecule has 0 radical (unpaired) electrons. The second-order valence-electron chi connectivity index (χ2n) is 4.60. The van der Waals surface area contributed by atoms with Crippen LogP contribution in [-0.4, -0.2) is 15.5 Å². The Bertz CT molecular complexity index is 888. The Morgan fingerprint density at radius 1 is 1.14 bits per heavy atom. The van der Waals surface area contributed by atoms with Gasteiger partial charge in [-0.25, -0.2) is 9.78 Å². The zero-order chi connectivity index (χ0) is 15.5. The number of fused-ring (bicyclic) bond motifs is 1. The predicted molar refractivity (Wildman–Crippen MR) is 85.8 cm³/mol. The van der Waals surface area contributed by atoms with Crippen LogP contribution >= 0.6 is 15.9 Å². The minimum absolute atomic E-state index is 0.169. The van der Waals surface area contributed by atoms with E-state index in [1.165, 1.54) is 10.8 Å². The number of rotatable bonds is 3. The van der Waals surface area contributed by atoms with E-state index in [0.29, 0.717) is 16.8 Å². The first-order valence-corrected chi connectivity index (χ1v) is 7.33. The number of halogens is 1. The van der Waals surface area contributed by atoms with E-state index in [1.54, 1.807) is 42.5 Å². The average Bonchev–Trinajstić information content (AvgIpc) is 2.52. The highest BCUT2D eigenvalue weighted by molar-refractivity contribution is 9.10. The number of hydrogen-bond donors (Lipinski definition) is 0. The molecule has 1 heterocycles. The molecular formula is C16H11BrN2O3. The van der Waals surface area contributed by atoms with Crippen molar-refractivity contribution in [3.8, 4) is 5.75 Å². The Kier molecular flexibility index (Phi) is 4.02. The van der Waals surface area contributed by atoms with Crippen LogP contribution in [0.15, 0.2) is 64.0 Å². The summed E-state index contributed by atoms with van der Waals surface area (Å²) in [5, 5.41) is 0. The lowest BCUT2D eigenvalue weighted by Crippen LogP contribution is -2.26. The average molecular weight is 359 g/mol. The Balaban J connectivity index is 1.86. The fourth-order valence-electron chi connectivity index (χ4n) is 2.07. The number of nitrogens with zero attached hydrogens (tertiary/aromatic N) is 2. The molecule has 0 atom stereocenters. The minimum atomic E-state index is -0.513. The van der Waals surface area contributed by atoms with E-state index in [0.717, 1.165) is 4.47 Å². The highest BCUT2D eigenvalue weighted by Crippen LogP contribution is 2.16. The van der Waals surface area contributed by atoms with Crippen LogP contribution in [0.2, 0.25) is 0 Å². The topological polar surface area (TPSA) is 61.2 Å². The van der Waals surface area contributed by atoms with Gasteiger partial charge >= 0.3 is 5.97 Å². The van der Waals surface area contributed by atoms with E-state index in [9.17, 15) is 9.59 Å². The number of aromatic nitrogens is 2. The van der Waals surface area contributed by atoms with Gasteiger partial charge in [0.15, 0.2) is 0 Å². The van der Waals surface area contributed by atoms with Gasteiger partial charge in [0.05, 0.1) is 17.2 Å². The highest BCUT2D eigenvalue weighted by Gasteiger charge is 2.10. The maximum absolute atomic E-state index is 12.0. The molecule has 0 aliphatic rings. The molecule has 0 saturated carbocycles. The van der Waals surface area contributed by atoms with Gasteiger partial charge in [-0.1, -0.05) is 28.1 Å². The first-order chi connectivity index (χ1) is 10.6. The molecule has 0 bridgehead atoms. The molecule has 110 valence electrons. The molecule has 0 spiro atoms. The number of benzene rings is 2. The molecule has 0 amide bonds. The summed E-state index contributed by atoms with van der Waals surface area (Å²) in [6.45, 7) is -0.169. The lowest BCUT2D eigenvalue weighted by Gasteiger charge is -2.09. The van der Waals surface area contributed by atoms with Crippen molar-refractivity contribution >= 4 is 32.9 Å². The Hall–Kier alpha value is -2.47. The van der Waals surface area contributed by atoms with Crippen molar-refractivity contribution in [1.82, 2.24) is 9.55 Å². The summed E-state index contributed by atoms with van der Waals surface area (Å²) in [5.74, 6) is -0.0830. The molecule has 22 heavy (non-hydrogen) atoms. The van der Waals surface area contributed by atoms with Crippen molar-refractivity contribution in [3.05, 3.63) is 69.6 Å². The van der Waals surface area contributed by atoms with Crippen molar-refractivity contribution in [3.63, 3.8) is 0 Å². The van der Waals surface area contributed by atoms with Crippen LogP contribution in [0.4, 0.5) is 0 Å². The number of ether oxygens (including phenoxy) is 1. The fourth-order valence-corrected chi connectivity index (χ4v) is 2.34. The van der Waals surface area contributed by atoms with E-state index in [2.05, 4.69) is 20.9 Å². The first-order valence-electron chi connectivity index (χ1n) is 6.54. The summed E-state index contributed by atoms with van der Waals surface area (Å²) in [5.41, 5.74) is 0.910. The number of carbonyl (C=O) groups excluding carboxylic acids is 1. The van der Waals surface area contributed by atoms with Gasteiger partial charge in [-0.05, 0) is 36.4 Å². The summed E-state index contributed by atoms with van der Waals surface area (Å²) in [6, 6.07) is 14.0. The largest absolute Gasteiger partial charge is 0.425 e. The van der Waals surface area contributed by atoms with Crippen LogP contribution in [-0.2, 0) is 11.3 Å². The summed E-state index contributed by atoms with van der Waals surface area (Å²) in [7, 11) is 0. The third-order valence-electron chi connectivity index (χ3n) is 3.09. The smallest absolute Gasteiger partial charge is 0.331 e. The Labute approximate surface area is 134 Å². The van der Waals surface area contributed by atoms with Crippen LogP contribution in [0.25, 0.3) is 11.0 Å². The lowest BCUT2D eigenvalue weighted by molar-refractivity contribution is -0.135. The van der Waals surface area contributed by atoms with Crippen molar-refractivity contribution in [2.45, 2.75) is 6.54 Å². The molecular weight excluding hydrogens is 348 g/mol. The summed E-state index contributed by atoms with van der Waals surface area (Å²) in [4.78, 5) is 28.1. The van der Waals surface area contributed by atoms with E-state index >= 15 is 0 Å². The number of esters is 1. The Morgan fingerprint density at radius 3 is 2.64 bits per heavy atom. The predicted octanol–water partition coefficient (Wildman–Crippen LogP) is 2.76. The zero-order valence-electron chi connectivity index (χ0n) is 11.4. The second-order valence-corrected chi connectivity index (χ2v) is 5.51. The summed E-state index contributed by atoms with van der Waals surface area (Å²) < 4.78 is 7.48. The second kappa shape index (κ2) is 6.11. The van der Waals surface area contributed by atoms with Gasteiger partial charge in [-0.3, -0.25) is 9.36 Å². The maximum atomic E-state index is 12.0. The van der Waals surface area contributed by atoms with Crippen molar-refractivity contribution in [1.29, 1.82) is 0 Å². The van der Waals surface area contributed by atoms with Gasteiger partial charge in [0, 0.05) is 4.47 Å². The highest BCUT2D eigenvalue weighted by atomic mass is 79.9. The van der Waals surface area contributed by atoms with Gasteiger partial charge in [0.2, 0.25) is 0 Å². The molecule has 0 aliphatic carbocycles. The van der Waals surface area contributed by atoms with Gasteiger partial charge in [-0.15, -0.1) is 0 Å². The molecule has 0 fully saturated rings. The molecule has 3 aromatic rings. The van der Waals surface area contributed by atoms with Crippen LogP contribution in [0.3, 0.4) is 0 Å². The fraction of sp³-hybridized carbons (Fsp3) is 0.0625. The summed E-state index contributed by atoms with van der Waals surface area (Å²) in [6.07, 6.45) is 1.20.